The molecule has 5 heteroatoms. The van der Waals surface area contributed by atoms with Crippen LogP contribution in [0.5, 0.6) is 0 Å². The molecule has 2 heterocycles. The highest BCUT2D eigenvalue weighted by Crippen LogP contribution is 2.30. The van der Waals surface area contributed by atoms with Crippen molar-refractivity contribution in [2.24, 2.45) is 0 Å². The zero-order chi connectivity index (χ0) is 11.0. The first-order valence-corrected chi connectivity index (χ1v) is 5.03. The lowest BCUT2D eigenvalue weighted by atomic mass is 9.98. The Labute approximate surface area is 87.3 Å². The molecule has 1 saturated heterocycles. The summed E-state index contributed by atoms with van der Waals surface area (Å²) in [5, 5.41) is 8.96. The number of hydrogen-bond donors (Lipinski definition) is 1. The number of ether oxygens (including phenoxy) is 1. The number of nitrogens with zero attached hydrogens (tertiary/aromatic N) is 1. The van der Waals surface area contributed by atoms with Crippen molar-refractivity contribution in [3.63, 3.8) is 0 Å². The van der Waals surface area contributed by atoms with Crippen molar-refractivity contribution in [3.8, 4) is 0 Å². The minimum absolute atomic E-state index is 0.117. The molecule has 0 saturated carbocycles. The first-order chi connectivity index (χ1) is 7.15. The normalized spacial score (nSPS) is 33.8. The van der Waals surface area contributed by atoms with Crippen LogP contribution >= 0.6 is 0 Å². The molecule has 2 aliphatic rings. The van der Waals surface area contributed by atoms with Gasteiger partial charge in [0.25, 0.3) is 0 Å². The van der Waals surface area contributed by atoms with Crippen LogP contribution in [0.4, 0.5) is 4.79 Å². The largest absolute Gasteiger partial charge is 0.479 e. The van der Waals surface area contributed by atoms with Crippen molar-refractivity contribution in [3.05, 3.63) is 12.2 Å². The number of amides is 1. The second-order valence-corrected chi connectivity index (χ2v) is 3.75. The molecule has 0 radical (unpaired) electrons. The zero-order valence-corrected chi connectivity index (χ0v) is 8.42. The van der Waals surface area contributed by atoms with Crippen LogP contribution in [-0.4, -0.2) is 40.3 Å². The van der Waals surface area contributed by atoms with Gasteiger partial charge in [-0.1, -0.05) is 19.1 Å². The smallest absolute Gasteiger partial charge is 0.411 e. The average Bonchev–Trinajstić information content (AvgIpc) is 2.55. The van der Waals surface area contributed by atoms with E-state index in [9.17, 15) is 9.59 Å². The van der Waals surface area contributed by atoms with Gasteiger partial charge in [-0.2, -0.15) is 0 Å². The summed E-state index contributed by atoms with van der Waals surface area (Å²) < 4.78 is 5.12. The summed E-state index contributed by atoms with van der Waals surface area (Å²) in [5.74, 6) is -1.01. The Morgan fingerprint density at radius 2 is 2.47 bits per heavy atom. The Kier molecular flexibility index (Phi) is 2.38. The maximum absolute atomic E-state index is 11.5. The molecule has 3 atom stereocenters. The van der Waals surface area contributed by atoms with E-state index in [1.54, 1.807) is 0 Å². The third-order valence-electron chi connectivity index (χ3n) is 2.90. The molecule has 0 aliphatic carbocycles. The van der Waals surface area contributed by atoms with Gasteiger partial charge in [-0.05, 0) is 12.8 Å². The first-order valence-electron chi connectivity index (χ1n) is 5.03. The minimum atomic E-state index is -1.01. The summed E-state index contributed by atoms with van der Waals surface area (Å²) in [4.78, 5) is 23.8. The number of carboxylic acids is 1. The van der Waals surface area contributed by atoms with E-state index in [-0.39, 0.29) is 12.1 Å². The number of aliphatic carboxylic acids is 1. The number of carboxylic acid groups (broad SMARTS) is 1. The quantitative estimate of drug-likeness (QED) is 0.692. The highest BCUT2D eigenvalue weighted by molar-refractivity contribution is 5.83. The van der Waals surface area contributed by atoms with Crippen LogP contribution < -0.4 is 0 Å². The Hall–Kier alpha value is -1.52. The van der Waals surface area contributed by atoms with Crippen LogP contribution in [0.15, 0.2) is 12.2 Å². The lowest BCUT2D eigenvalue weighted by Crippen LogP contribution is -2.48. The van der Waals surface area contributed by atoms with Crippen LogP contribution in [0.1, 0.15) is 19.8 Å². The first kappa shape index (κ1) is 10.0. The fourth-order valence-corrected chi connectivity index (χ4v) is 2.16. The second-order valence-electron chi connectivity index (χ2n) is 3.75. The molecular formula is C10H13NO4. The van der Waals surface area contributed by atoms with Crippen LogP contribution in [0.25, 0.3) is 0 Å². The predicted octanol–water partition coefficient (Wildman–Crippen LogP) is 0.999. The van der Waals surface area contributed by atoms with Gasteiger partial charge >= 0.3 is 12.1 Å². The monoisotopic (exact) mass is 211 g/mol. The van der Waals surface area contributed by atoms with Gasteiger partial charge in [-0.15, -0.1) is 0 Å². The fraction of sp³-hybridized carbons (Fsp3) is 0.600. The fourth-order valence-electron chi connectivity index (χ4n) is 2.16. The highest BCUT2D eigenvalue weighted by atomic mass is 16.6. The number of rotatable bonds is 2. The SMILES string of the molecule is CC[C@@H]1OC(=O)N2[C@@H](C(=O)O)C=CC[C@@H]12. The maximum atomic E-state index is 11.5. The Morgan fingerprint density at radius 1 is 1.73 bits per heavy atom. The summed E-state index contributed by atoms with van der Waals surface area (Å²) in [6.07, 6.45) is 4.05. The molecule has 0 aromatic heterocycles. The molecule has 0 unspecified atom stereocenters. The molecule has 1 N–H and O–H groups in total. The van der Waals surface area contributed by atoms with Crippen LogP contribution in [0.2, 0.25) is 0 Å². The highest BCUT2D eigenvalue weighted by Gasteiger charge is 2.46. The topological polar surface area (TPSA) is 66.8 Å². The van der Waals surface area contributed by atoms with E-state index >= 15 is 0 Å². The van der Waals surface area contributed by atoms with Gasteiger partial charge in [0, 0.05) is 0 Å². The van der Waals surface area contributed by atoms with Crippen LogP contribution in [0, 0.1) is 0 Å². The molecule has 0 aromatic rings. The number of hydrogen-bond acceptors (Lipinski definition) is 3. The molecule has 0 aromatic carbocycles. The zero-order valence-electron chi connectivity index (χ0n) is 8.42. The predicted molar refractivity (Wildman–Crippen MR) is 51.4 cm³/mol. The van der Waals surface area contributed by atoms with E-state index in [1.165, 1.54) is 11.0 Å². The van der Waals surface area contributed by atoms with E-state index in [0.717, 1.165) is 0 Å². The number of cyclic esters (lactones) is 1. The van der Waals surface area contributed by atoms with Gasteiger partial charge in [0.15, 0.2) is 6.04 Å². The van der Waals surface area contributed by atoms with Crippen molar-refractivity contribution < 1.29 is 19.4 Å². The maximum Gasteiger partial charge on any atom is 0.411 e. The molecule has 15 heavy (non-hydrogen) atoms. The molecule has 0 spiro atoms. The molecular weight excluding hydrogens is 198 g/mol. The van der Waals surface area contributed by atoms with Crippen LogP contribution in [0.3, 0.4) is 0 Å². The van der Waals surface area contributed by atoms with Gasteiger partial charge in [0.05, 0.1) is 6.04 Å². The minimum Gasteiger partial charge on any atom is -0.479 e. The van der Waals surface area contributed by atoms with Crippen molar-refractivity contribution in [2.45, 2.75) is 38.0 Å². The summed E-state index contributed by atoms with van der Waals surface area (Å²) in [7, 11) is 0. The molecule has 2 rings (SSSR count). The molecule has 5 nitrogen and oxygen atoms in total. The Morgan fingerprint density at radius 3 is 3.07 bits per heavy atom. The van der Waals surface area contributed by atoms with E-state index in [2.05, 4.69) is 0 Å². The number of carbonyl (C=O) groups excluding carboxylic acids is 1. The number of carbonyl (C=O) groups is 2. The van der Waals surface area contributed by atoms with Gasteiger partial charge in [-0.3, -0.25) is 4.90 Å². The Balaban J connectivity index is 2.27. The lowest BCUT2D eigenvalue weighted by Gasteiger charge is -2.30. The molecule has 0 bridgehead atoms. The van der Waals surface area contributed by atoms with Gasteiger partial charge in [0.2, 0.25) is 0 Å². The lowest BCUT2D eigenvalue weighted by molar-refractivity contribution is -0.141. The van der Waals surface area contributed by atoms with Crippen LogP contribution in [-0.2, 0) is 9.53 Å². The third kappa shape index (κ3) is 1.48. The second kappa shape index (κ2) is 3.56. The molecule has 1 amide bonds. The van der Waals surface area contributed by atoms with E-state index < -0.39 is 18.1 Å². The Bertz CT molecular complexity index is 325. The standard InChI is InChI=1S/C10H13NO4/c1-2-8-6-4-3-5-7(9(12)13)11(6)10(14)15-8/h3,5-8H,2,4H2,1H3,(H,12,13)/t6-,7+,8-/m0/s1. The molecule has 1 fully saturated rings. The van der Waals surface area contributed by atoms with Gasteiger partial charge in [-0.25, -0.2) is 9.59 Å². The molecule has 82 valence electrons. The summed E-state index contributed by atoms with van der Waals surface area (Å²) >= 11 is 0. The van der Waals surface area contributed by atoms with Crippen molar-refractivity contribution in [1.82, 2.24) is 4.90 Å². The van der Waals surface area contributed by atoms with Crippen molar-refractivity contribution in [2.75, 3.05) is 0 Å². The van der Waals surface area contributed by atoms with E-state index in [0.29, 0.717) is 12.8 Å². The summed E-state index contributed by atoms with van der Waals surface area (Å²) in [5.41, 5.74) is 0. The van der Waals surface area contributed by atoms with Gasteiger partial charge < -0.3 is 9.84 Å². The van der Waals surface area contributed by atoms with Crippen molar-refractivity contribution >= 4 is 12.1 Å². The number of fused-ring (bicyclic) bond motifs is 1. The summed E-state index contributed by atoms with van der Waals surface area (Å²) in [6.45, 7) is 1.93. The van der Waals surface area contributed by atoms with E-state index in [1.807, 2.05) is 13.0 Å². The van der Waals surface area contributed by atoms with E-state index in [4.69, 9.17) is 9.84 Å². The third-order valence-corrected chi connectivity index (χ3v) is 2.90. The summed E-state index contributed by atoms with van der Waals surface area (Å²) in [6, 6.07) is -0.985. The van der Waals surface area contributed by atoms with Gasteiger partial charge in [0.1, 0.15) is 6.10 Å². The average molecular weight is 211 g/mol. The molecule has 2 aliphatic heterocycles. The van der Waals surface area contributed by atoms with Crippen molar-refractivity contribution in [1.29, 1.82) is 0 Å².